The Hall–Kier alpha value is -1.96. The Morgan fingerprint density at radius 1 is 1.00 bits per heavy atom. The first kappa shape index (κ1) is 19.4. The summed E-state index contributed by atoms with van der Waals surface area (Å²) in [6.45, 7) is 13.2. The van der Waals surface area contributed by atoms with Gasteiger partial charge in [-0.05, 0) is 23.7 Å². The summed E-state index contributed by atoms with van der Waals surface area (Å²) < 4.78 is 0. The Bertz CT molecular complexity index is 734. The SMILES string of the molecule is CC1(C)CN(c2ncnc(N3C[C@@H](N)[C@@H](N4CCCCC4=O)C3)n2)CC1(C)C. The number of piperidine rings is 1. The largest absolute Gasteiger partial charge is 0.340 e. The maximum Gasteiger partial charge on any atom is 0.230 e. The number of carbonyl (C=O) groups excluding carboxylic acids is 1. The summed E-state index contributed by atoms with van der Waals surface area (Å²) in [5.41, 5.74) is 6.79. The molecule has 1 aromatic rings. The van der Waals surface area contributed by atoms with Crippen LogP contribution in [0, 0.1) is 10.8 Å². The Morgan fingerprint density at radius 3 is 2.29 bits per heavy atom. The van der Waals surface area contributed by atoms with E-state index in [9.17, 15) is 4.79 Å². The lowest BCUT2D eigenvalue weighted by molar-refractivity contribution is -0.135. The minimum absolute atomic E-state index is 0.0395. The van der Waals surface area contributed by atoms with Crippen molar-refractivity contribution in [1.29, 1.82) is 0 Å². The predicted octanol–water partition coefficient (Wildman–Crippen LogP) is 1.27. The fraction of sp³-hybridized carbons (Fsp3) is 0.800. The standard InChI is InChI=1S/C20H33N7O/c1-19(2)11-26(12-20(19,3)4)18-23-13-22-17(24-18)25-9-14(21)15(10-25)27-8-6-5-7-16(27)28/h13-15H,5-12,21H2,1-4H3/t14-,15+/m1/s1. The van der Waals surface area contributed by atoms with E-state index in [0.717, 1.165) is 38.4 Å². The van der Waals surface area contributed by atoms with E-state index in [1.807, 2.05) is 4.90 Å². The lowest BCUT2D eigenvalue weighted by Crippen LogP contribution is -2.51. The molecule has 0 saturated carbocycles. The summed E-state index contributed by atoms with van der Waals surface area (Å²) >= 11 is 0. The van der Waals surface area contributed by atoms with Gasteiger partial charge >= 0.3 is 0 Å². The van der Waals surface area contributed by atoms with Gasteiger partial charge in [-0.2, -0.15) is 4.98 Å². The van der Waals surface area contributed by atoms with Crippen LogP contribution in [0.4, 0.5) is 11.9 Å². The third-order valence-electron chi connectivity index (χ3n) is 7.21. The highest BCUT2D eigenvalue weighted by Gasteiger charge is 2.46. The minimum Gasteiger partial charge on any atom is -0.340 e. The van der Waals surface area contributed by atoms with Gasteiger partial charge in [0.25, 0.3) is 0 Å². The molecule has 0 bridgehead atoms. The molecule has 0 spiro atoms. The number of amides is 1. The quantitative estimate of drug-likeness (QED) is 0.835. The van der Waals surface area contributed by atoms with Crippen LogP contribution >= 0.6 is 0 Å². The molecule has 3 saturated heterocycles. The van der Waals surface area contributed by atoms with Crippen LogP contribution in [-0.2, 0) is 4.79 Å². The van der Waals surface area contributed by atoms with Crippen LogP contribution in [0.15, 0.2) is 6.33 Å². The molecule has 2 atom stereocenters. The van der Waals surface area contributed by atoms with E-state index in [2.05, 4.69) is 47.5 Å². The van der Waals surface area contributed by atoms with Crippen molar-refractivity contribution >= 4 is 17.8 Å². The maximum atomic E-state index is 12.3. The second kappa shape index (κ2) is 6.83. The van der Waals surface area contributed by atoms with Crippen LogP contribution in [0.5, 0.6) is 0 Å². The van der Waals surface area contributed by atoms with E-state index in [4.69, 9.17) is 10.7 Å². The van der Waals surface area contributed by atoms with Crippen molar-refractivity contribution in [3.05, 3.63) is 6.33 Å². The summed E-state index contributed by atoms with van der Waals surface area (Å²) in [7, 11) is 0. The second-order valence-electron chi connectivity index (χ2n) is 9.89. The van der Waals surface area contributed by atoms with E-state index in [-0.39, 0.29) is 28.8 Å². The van der Waals surface area contributed by atoms with Crippen LogP contribution in [0.25, 0.3) is 0 Å². The number of carbonyl (C=O) groups is 1. The fourth-order valence-corrected chi connectivity index (χ4v) is 4.65. The van der Waals surface area contributed by atoms with Crippen LogP contribution in [-0.4, -0.2) is 70.6 Å². The van der Waals surface area contributed by atoms with Crippen molar-refractivity contribution in [2.24, 2.45) is 16.6 Å². The van der Waals surface area contributed by atoms with Gasteiger partial charge in [-0.25, -0.2) is 9.97 Å². The van der Waals surface area contributed by atoms with Crippen molar-refractivity contribution in [3.8, 4) is 0 Å². The molecule has 3 fully saturated rings. The highest BCUT2D eigenvalue weighted by Crippen LogP contribution is 2.45. The molecule has 3 aliphatic heterocycles. The highest BCUT2D eigenvalue weighted by atomic mass is 16.2. The lowest BCUT2D eigenvalue weighted by Gasteiger charge is -2.34. The summed E-state index contributed by atoms with van der Waals surface area (Å²) in [5, 5.41) is 0. The van der Waals surface area contributed by atoms with Gasteiger partial charge < -0.3 is 20.4 Å². The molecule has 4 heterocycles. The first-order valence-electron chi connectivity index (χ1n) is 10.4. The first-order chi connectivity index (χ1) is 13.2. The zero-order chi connectivity index (χ0) is 20.1. The fourth-order valence-electron chi connectivity index (χ4n) is 4.65. The van der Waals surface area contributed by atoms with Gasteiger partial charge in [-0.1, -0.05) is 27.7 Å². The van der Waals surface area contributed by atoms with Crippen molar-refractivity contribution in [1.82, 2.24) is 19.9 Å². The number of hydrogen-bond donors (Lipinski definition) is 1. The molecule has 1 amide bonds. The van der Waals surface area contributed by atoms with Gasteiger partial charge in [0, 0.05) is 45.2 Å². The topological polar surface area (TPSA) is 91.5 Å². The van der Waals surface area contributed by atoms with E-state index in [1.54, 1.807) is 6.33 Å². The van der Waals surface area contributed by atoms with E-state index in [0.29, 0.717) is 25.5 Å². The molecule has 8 heteroatoms. The first-order valence-corrected chi connectivity index (χ1v) is 10.4. The highest BCUT2D eigenvalue weighted by molar-refractivity contribution is 5.77. The molecule has 0 aromatic carbocycles. The van der Waals surface area contributed by atoms with Gasteiger partial charge in [0.2, 0.25) is 17.8 Å². The Morgan fingerprint density at radius 2 is 1.64 bits per heavy atom. The summed E-state index contributed by atoms with van der Waals surface area (Å²) in [6, 6.07) is -0.0374. The number of anilines is 2. The van der Waals surface area contributed by atoms with Crippen molar-refractivity contribution < 1.29 is 4.79 Å². The average Bonchev–Trinajstić information content (AvgIpc) is 3.12. The molecular weight excluding hydrogens is 354 g/mol. The number of aromatic nitrogens is 3. The zero-order valence-electron chi connectivity index (χ0n) is 17.6. The summed E-state index contributed by atoms with van der Waals surface area (Å²) in [4.78, 5) is 32.3. The molecule has 1 aromatic heterocycles. The van der Waals surface area contributed by atoms with Gasteiger partial charge in [0.05, 0.1) is 6.04 Å². The van der Waals surface area contributed by atoms with Crippen LogP contribution in [0.1, 0.15) is 47.0 Å². The number of hydrogen-bond acceptors (Lipinski definition) is 7. The Balaban J connectivity index is 1.50. The average molecular weight is 388 g/mol. The number of nitrogens with zero attached hydrogens (tertiary/aromatic N) is 6. The molecule has 0 unspecified atom stereocenters. The lowest BCUT2D eigenvalue weighted by atomic mass is 9.71. The molecular formula is C20H33N7O. The summed E-state index contributed by atoms with van der Waals surface area (Å²) in [6.07, 6.45) is 4.28. The van der Waals surface area contributed by atoms with Crippen LogP contribution < -0.4 is 15.5 Å². The van der Waals surface area contributed by atoms with Crippen LogP contribution in [0.3, 0.4) is 0 Å². The van der Waals surface area contributed by atoms with Crippen molar-refractivity contribution in [3.63, 3.8) is 0 Å². The molecule has 3 aliphatic rings. The molecule has 28 heavy (non-hydrogen) atoms. The third kappa shape index (κ3) is 3.32. The molecule has 8 nitrogen and oxygen atoms in total. The van der Waals surface area contributed by atoms with Gasteiger partial charge in [0.15, 0.2) is 0 Å². The van der Waals surface area contributed by atoms with Crippen molar-refractivity contribution in [2.75, 3.05) is 42.5 Å². The second-order valence-corrected chi connectivity index (χ2v) is 9.89. The summed E-state index contributed by atoms with van der Waals surface area (Å²) in [5.74, 6) is 1.62. The number of rotatable bonds is 3. The number of nitrogens with two attached hydrogens (primary N) is 1. The zero-order valence-corrected chi connectivity index (χ0v) is 17.6. The Labute approximate surface area is 167 Å². The molecule has 2 N–H and O–H groups in total. The molecule has 0 radical (unpaired) electrons. The van der Waals surface area contributed by atoms with Crippen molar-refractivity contribution in [2.45, 2.75) is 59.0 Å². The third-order valence-corrected chi connectivity index (χ3v) is 7.21. The van der Waals surface area contributed by atoms with Gasteiger partial charge in [-0.15, -0.1) is 0 Å². The molecule has 4 rings (SSSR count). The molecule has 154 valence electrons. The van der Waals surface area contributed by atoms with E-state index in [1.165, 1.54) is 0 Å². The van der Waals surface area contributed by atoms with Gasteiger partial charge in [-0.3, -0.25) is 4.79 Å². The van der Waals surface area contributed by atoms with E-state index < -0.39 is 0 Å². The Kier molecular flexibility index (Phi) is 4.72. The van der Waals surface area contributed by atoms with Crippen LogP contribution in [0.2, 0.25) is 0 Å². The monoisotopic (exact) mass is 387 g/mol. The smallest absolute Gasteiger partial charge is 0.230 e. The van der Waals surface area contributed by atoms with Gasteiger partial charge in [0.1, 0.15) is 6.33 Å². The predicted molar refractivity (Wildman–Crippen MR) is 109 cm³/mol. The van der Waals surface area contributed by atoms with E-state index >= 15 is 0 Å². The maximum absolute atomic E-state index is 12.3. The molecule has 0 aliphatic carbocycles. The normalized spacial score (nSPS) is 29.6. The number of likely N-dealkylation sites (tertiary alicyclic amines) is 1. The minimum atomic E-state index is -0.0769.